The molecule has 0 atom stereocenters. The van der Waals surface area contributed by atoms with Crippen molar-refractivity contribution in [3.8, 4) is 0 Å². The first kappa shape index (κ1) is 20.1. The fourth-order valence-corrected chi connectivity index (χ4v) is 3.60. The van der Waals surface area contributed by atoms with E-state index in [0.29, 0.717) is 11.7 Å². The van der Waals surface area contributed by atoms with Crippen LogP contribution in [0.5, 0.6) is 0 Å². The molecular formula is C20H27ClN3O2S+. The van der Waals surface area contributed by atoms with Crippen molar-refractivity contribution in [1.29, 1.82) is 0 Å². The Morgan fingerprint density at radius 1 is 1.30 bits per heavy atom. The van der Waals surface area contributed by atoms with E-state index in [2.05, 4.69) is 10.2 Å². The third-order valence-electron chi connectivity index (χ3n) is 4.80. The second-order valence-corrected chi connectivity index (χ2v) is 7.65. The summed E-state index contributed by atoms with van der Waals surface area (Å²) in [5.41, 5.74) is 1.95. The van der Waals surface area contributed by atoms with Gasteiger partial charge in [-0.2, -0.15) is 0 Å². The number of ether oxygens (including phenoxy) is 1. The molecule has 27 heavy (non-hydrogen) atoms. The Hall–Kier alpha value is -1.60. The Labute approximate surface area is 171 Å². The zero-order valence-electron chi connectivity index (χ0n) is 15.7. The van der Waals surface area contributed by atoms with E-state index in [9.17, 15) is 0 Å². The molecule has 146 valence electrons. The molecule has 0 unspecified atom stereocenters. The average Bonchev–Trinajstić information content (AvgIpc) is 3.18. The quantitative estimate of drug-likeness (QED) is 0.689. The summed E-state index contributed by atoms with van der Waals surface area (Å²) in [6, 6.07) is 9.78. The van der Waals surface area contributed by atoms with Crippen molar-refractivity contribution in [3.63, 3.8) is 0 Å². The molecule has 1 aliphatic rings. The summed E-state index contributed by atoms with van der Waals surface area (Å²) in [4.78, 5) is 3.75. The van der Waals surface area contributed by atoms with Crippen LogP contribution >= 0.6 is 23.8 Å². The normalized spacial score (nSPS) is 14.9. The number of nitrogens with zero attached hydrogens (tertiary/aromatic N) is 1. The van der Waals surface area contributed by atoms with Crippen molar-refractivity contribution in [2.75, 3.05) is 44.7 Å². The van der Waals surface area contributed by atoms with E-state index in [1.54, 1.807) is 11.2 Å². The van der Waals surface area contributed by atoms with Crippen LogP contribution in [-0.4, -0.2) is 49.4 Å². The second-order valence-electron chi connectivity index (χ2n) is 6.86. The molecule has 0 amide bonds. The first-order valence-corrected chi connectivity index (χ1v) is 10.2. The highest BCUT2D eigenvalue weighted by atomic mass is 35.5. The van der Waals surface area contributed by atoms with Crippen LogP contribution in [0, 0.1) is 6.92 Å². The van der Waals surface area contributed by atoms with Gasteiger partial charge in [-0.3, -0.25) is 0 Å². The van der Waals surface area contributed by atoms with Crippen LogP contribution in [0.3, 0.4) is 0 Å². The van der Waals surface area contributed by atoms with Crippen LogP contribution in [0.4, 0.5) is 5.69 Å². The number of hydrogen-bond acceptors (Lipinski definition) is 3. The molecule has 0 spiro atoms. The van der Waals surface area contributed by atoms with Gasteiger partial charge in [0, 0.05) is 23.7 Å². The fourth-order valence-electron chi connectivity index (χ4n) is 3.15. The number of furan rings is 1. The zero-order valence-corrected chi connectivity index (χ0v) is 17.2. The van der Waals surface area contributed by atoms with E-state index in [-0.39, 0.29) is 0 Å². The van der Waals surface area contributed by atoms with E-state index in [4.69, 9.17) is 33.0 Å². The van der Waals surface area contributed by atoms with Gasteiger partial charge in [0.05, 0.1) is 32.6 Å². The lowest BCUT2D eigenvalue weighted by atomic mass is 10.2. The van der Waals surface area contributed by atoms with Crippen LogP contribution in [0.25, 0.3) is 0 Å². The molecule has 1 aromatic heterocycles. The molecule has 2 aromatic rings. The Morgan fingerprint density at radius 3 is 2.81 bits per heavy atom. The highest BCUT2D eigenvalue weighted by molar-refractivity contribution is 7.80. The predicted octanol–water partition coefficient (Wildman–Crippen LogP) is 2.75. The molecule has 0 radical (unpaired) electrons. The number of halogens is 1. The molecule has 2 heterocycles. The Kier molecular flexibility index (Phi) is 7.52. The number of anilines is 1. The number of thiocarbonyl (C=S) groups is 1. The molecule has 5 nitrogen and oxygen atoms in total. The molecule has 0 bridgehead atoms. The van der Waals surface area contributed by atoms with E-state index >= 15 is 0 Å². The van der Waals surface area contributed by atoms with Crippen molar-refractivity contribution in [2.45, 2.75) is 19.9 Å². The Balaban J connectivity index is 1.59. The van der Waals surface area contributed by atoms with Crippen molar-refractivity contribution < 1.29 is 14.1 Å². The number of benzene rings is 1. The van der Waals surface area contributed by atoms with E-state index in [1.807, 2.05) is 37.3 Å². The summed E-state index contributed by atoms with van der Waals surface area (Å²) in [7, 11) is 0. The van der Waals surface area contributed by atoms with Crippen LogP contribution in [0.1, 0.15) is 17.7 Å². The maximum atomic E-state index is 6.24. The summed E-state index contributed by atoms with van der Waals surface area (Å²) in [6.45, 7) is 8.52. The molecule has 0 aliphatic carbocycles. The molecular weight excluding hydrogens is 382 g/mol. The van der Waals surface area contributed by atoms with Gasteiger partial charge in [-0.25, -0.2) is 0 Å². The number of rotatable bonds is 7. The summed E-state index contributed by atoms with van der Waals surface area (Å²) < 4.78 is 11.0. The number of aryl methyl sites for hydroxylation is 1. The number of morpholine rings is 1. The van der Waals surface area contributed by atoms with Gasteiger partial charge < -0.3 is 24.3 Å². The van der Waals surface area contributed by atoms with Gasteiger partial charge in [0.15, 0.2) is 5.11 Å². The zero-order chi connectivity index (χ0) is 19.1. The van der Waals surface area contributed by atoms with Crippen LogP contribution < -0.4 is 10.2 Å². The van der Waals surface area contributed by atoms with Crippen LogP contribution in [-0.2, 0) is 11.3 Å². The lowest BCUT2D eigenvalue weighted by molar-refractivity contribution is -0.908. The molecule has 1 saturated heterocycles. The van der Waals surface area contributed by atoms with Gasteiger partial charge in [0.2, 0.25) is 0 Å². The van der Waals surface area contributed by atoms with Gasteiger partial charge >= 0.3 is 0 Å². The fraction of sp³-hybridized carbons (Fsp3) is 0.450. The predicted molar refractivity (Wildman–Crippen MR) is 113 cm³/mol. The van der Waals surface area contributed by atoms with Gasteiger partial charge in [-0.05, 0) is 49.0 Å². The monoisotopic (exact) mass is 408 g/mol. The molecule has 2 N–H and O–H groups in total. The van der Waals surface area contributed by atoms with Crippen molar-refractivity contribution in [3.05, 3.63) is 52.9 Å². The summed E-state index contributed by atoms with van der Waals surface area (Å²) >= 11 is 11.9. The van der Waals surface area contributed by atoms with E-state index < -0.39 is 0 Å². The first-order valence-electron chi connectivity index (χ1n) is 9.37. The first-order chi connectivity index (χ1) is 13.1. The number of quaternary nitrogens is 1. The maximum Gasteiger partial charge on any atom is 0.173 e. The lowest BCUT2D eigenvalue weighted by Gasteiger charge is -2.27. The minimum Gasteiger partial charge on any atom is -0.467 e. The van der Waals surface area contributed by atoms with Crippen molar-refractivity contribution in [1.82, 2.24) is 4.90 Å². The SMILES string of the molecule is Cc1ccc(NC(=S)N(CCC[NH+]2CCOCC2)Cc2ccco2)cc1Cl. The highest BCUT2D eigenvalue weighted by Crippen LogP contribution is 2.20. The number of nitrogens with one attached hydrogen (secondary N) is 2. The minimum atomic E-state index is 0.650. The Morgan fingerprint density at radius 2 is 2.11 bits per heavy atom. The summed E-state index contributed by atoms with van der Waals surface area (Å²) in [5, 5.41) is 4.73. The van der Waals surface area contributed by atoms with Gasteiger partial charge in [-0.1, -0.05) is 17.7 Å². The molecule has 0 saturated carbocycles. The Bertz CT molecular complexity index is 733. The minimum absolute atomic E-state index is 0.650. The van der Waals surface area contributed by atoms with Crippen LogP contribution in [0.15, 0.2) is 41.0 Å². The van der Waals surface area contributed by atoms with Crippen molar-refractivity contribution in [2.24, 2.45) is 0 Å². The largest absolute Gasteiger partial charge is 0.467 e. The smallest absolute Gasteiger partial charge is 0.173 e. The van der Waals surface area contributed by atoms with E-state index in [0.717, 1.165) is 67.8 Å². The van der Waals surface area contributed by atoms with Crippen molar-refractivity contribution >= 4 is 34.6 Å². The lowest BCUT2D eigenvalue weighted by Crippen LogP contribution is -3.14. The van der Waals surface area contributed by atoms with Crippen LogP contribution in [0.2, 0.25) is 5.02 Å². The van der Waals surface area contributed by atoms with E-state index in [1.165, 1.54) is 0 Å². The molecule has 1 aliphatic heterocycles. The summed E-state index contributed by atoms with van der Waals surface area (Å²) in [6.07, 6.45) is 2.76. The van der Waals surface area contributed by atoms with Gasteiger partial charge in [-0.15, -0.1) is 0 Å². The molecule has 7 heteroatoms. The molecule has 3 rings (SSSR count). The standard InChI is InChI=1S/C20H26ClN3O2S/c1-16-5-6-17(14-19(16)21)22-20(27)24(15-18-4-2-11-26-18)8-3-7-23-9-12-25-13-10-23/h2,4-6,11,14H,3,7-10,12-13,15H2,1H3,(H,22,27)/p+1. The molecule has 1 aromatic carbocycles. The summed E-state index contributed by atoms with van der Waals surface area (Å²) in [5.74, 6) is 0.903. The third kappa shape index (κ3) is 6.21. The highest BCUT2D eigenvalue weighted by Gasteiger charge is 2.16. The topological polar surface area (TPSA) is 42.1 Å². The van der Waals surface area contributed by atoms with Gasteiger partial charge in [0.25, 0.3) is 0 Å². The van der Waals surface area contributed by atoms with Gasteiger partial charge in [0.1, 0.15) is 18.8 Å². The number of hydrogen-bond donors (Lipinski definition) is 2. The second kappa shape index (κ2) is 10.1. The molecule has 1 fully saturated rings. The maximum absolute atomic E-state index is 6.24. The third-order valence-corrected chi connectivity index (χ3v) is 5.56. The average molecular weight is 409 g/mol.